The van der Waals surface area contributed by atoms with Gasteiger partial charge in [0.15, 0.2) is 0 Å². The van der Waals surface area contributed by atoms with E-state index in [1.54, 1.807) is 31.2 Å². The fourth-order valence-corrected chi connectivity index (χ4v) is 2.74. The minimum atomic E-state index is -0.431. The van der Waals surface area contributed by atoms with E-state index in [0.29, 0.717) is 35.7 Å². The zero-order valence-electron chi connectivity index (χ0n) is 13.2. The summed E-state index contributed by atoms with van der Waals surface area (Å²) in [4.78, 5) is 15.3. The Morgan fingerprint density at radius 3 is 2.75 bits per heavy atom. The number of nitrogens with one attached hydrogen (secondary N) is 1. The predicted molar refractivity (Wildman–Crippen MR) is 87.3 cm³/mol. The van der Waals surface area contributed by atoms with Gasteiger partial charge in [0.1, 0.15) is 11.8 Å². The third kappa shape index (κ3) is 3.11. The lowest BCUT2D eigenvalue weighted by Gasteiger charge is -2.25. The summed E-state index contributed by atoms with van der Waals surface area (Å²) in [5.41, 5.74) is 2.98. The Morgan fingerprint density at radius 2 is 2.17 bits per heavy atom. The molecule has 122 valence electrons. The molecule has 0 amide bonds. The van der Waals surface area contributed by atoms with Crippen LogP contribution in [0.25, 0.3) is 11.1 Å². The van der Waals surface area contributed by atoms with Crippen LogP contribution in [0.4, 0.5) is 5.69 Å². The number of hydrogen-bond acceptors (Lipinski definition) is 6. The molecule has 1 saturated heterocycles. The Kier molecular flexibility index (Phi) is 4.51. The molecule has 1 aliphatic rings. The maximum atomic E-state index is 11.3. The van der Waals surface area contributed by atoms with Gasteiger partial charge < -0.3 is 10.1 Å². The van der Waals surface area contributed by atoms with Crippen LogP contribution < -0.4 is 5.32 Å². The minimum Gasteiger partial charge on any atom is -0.369 e. The van der Waals surface area contributed by atoms with E-state index in [2.05, 4.69) is 16.4 Å². The highest BCUT2D eigenvalue weighted by atomic mass is 16.6. The summed E-state index contributed by atoms with van der Waals surface area (Å²) in [6.07, 6.45) is -0.260. The van der Waals surface area contributed by atoms with Crippen LogP contribution in [0.2, 0.25) is 0 Å². The van der Waals surface area contributed by atoms with Gasteiger partial charge in [-0.3, -0.25) is 10.1 Å². The molecular weight excluding hydrogens is 308 g/mol. The summed E-state index contributed by atoms with van der Waals surface area (Å²) >= 11 is 0. The highest BCUT2D eigenvalue weighted by molar-refractivity contribution is 5.70. The maximum Gasteiger partial charge on any atom is 0.291 e. The highest BCUT2D eigenvalue weighted by Gasteiger charge is 2.25. The lowest BCUT2D eigenvalue weighted by atomic mass is 9.98. The van der Waals surface area contributed by atoms with Crippen molar-refractivity contribution < 1.29 is 9.66 Å². The van der Waals surface area contributed by atoms with E-state index in [9.17, 15) is 10.1 Å². The van der Waals surface area contributed by atoms with Crippen LogP contribution in [0.5, 0.6) is 0 Å². The second-order valence-corrected chi connectivity index (χ2v) is 5.54. The van der Waals surface area contributed by atoms with Gasteiger partial charge >= 0.3 is 0 Å². The van der Waals surface area contributed by atoms with E-state index in [-0.39, 0.29) is 11.8 Å². The number of benzene rings is 1. The Morgan fingerprint density at radius 1 is 1.42 bits per heavy atom. The Hall–Kier alpha value is -2.82. The summed E-state index contributed by atoms with van der Waals surface area (Å²) in [5.74, 6) is 0. The molecule has 1 unspecified atom stereocenters. The van der Waals surface area contributed by atoms with E-state index in [1.165, 1.54) is 6.07 Å². The van der Waals surface area contributed by atoms with Gasteiger partial charge in [-0.25, -0.2) is 4.98 Å². The monoisotopic (exact) mass is 324 g/mol. The number of nitriles is 1. The minimum absolute atomic E-state index is 0.0260. The first-order chi connectivity index (χ1) is 11.6. The van der Waals surface area contributed by atoms with E-state index in [0.717, 1.165) is 12.1 Å². The van der Waals surface area contributed by atoms with Crippen molar-refractivity contribution >= 4 is 5.69 Å². The van der Waals surface area contributed by atoms with Crippen LogP contribution >= 0.6 is 0 Å². The third-order valence-corrected chi connectivity index (χ3v) is 3.97. The van der Waals surface area contributed by atoms with Crippen molar-refractivity contribution in [1.82, 2.24) is 10.3 Å². The number of hydrogen-bond donors (Lipinski definition) is 1. The molecule has 7 heteroatoms. The number of aryl methyl sites for hydroxylation is 1. The smallest absolute Gasteiger partial charge is 0.291 e. The molecule has 1 atom stereocenters. The molecule has 0 spiro atoms. The number of ether oxygens (including phenoxy) is 1. The Labute approximate surface area is 139 Å². The SMILES string of the molecule is Cc1nc(C2CNCCO2)c(-c2ccc(C#N)cc2)cc1[N+](=O)[O-]. The lowest BCUT2D eigenvalue weighted by Crippen LogP contribution is -2.34. The van der Waals surface area contributed by atoms with E-state index >= 15 is 0 Å². The van der Waals surface area contributed by atoms with Gasteiger partial charge in [0, 0.05) is 24.7 Å². The van der Waals surface area contributed by atoms with Gasteiger partial charge in [-0.1, -0.05) is 12.1 Å². The normalized spacial score (nSPS) is 17.2. The molecule has 3 rings (SSSR count). The quantitative estimate of drug-likeness (QED) is 0.687. The van der Waals surface area contributed by atoms with Crippen LogP contribution in [0.1, 0.15) is 23.1 Å². The van der Waals surface area contributed by atoms with E-state index in [4.69, 9.17) is 10.00 Å². The van der Waals surface area contributed by atoms with E-state index < -0.39 is 4.92 Å². The van der Waals surface area contributed by atoms with Gasteiger partial charge in [-0.15, -0.1) is 0 Å². The number of rotatable bonds is 3. The van der Waals surface area contributed by atoms with Crippen molar-refractivity contribution in [3.05, 3.63) is 57.4 Å². The molecule has 1 fully saturated rings. The Bertz CT molecular complexity index is 806. The second-order valence-electron chi connectivity index (χ2n) is 5.54. The van der Waals surface area contributed by atoms with E-state index in [1.807, 2.05) is 0 Å². The molecule has 2 heterocycles. The molecule has 1 N–H and O–H groups in total. The average molecular weight is 324 g/mol. The summed E-state index contributed by atoms with van der Waals surface area (Å²) in [5, 5.41) is 23.4. The first-order valence-corrected chi connectivity index (χ1v) is 7.59. The van der Waals surface area contributed by atoms with Gasteiger partial charge in [0.05, 0.1) is 28.9 Å². The average Bonchev–Trinajstić information content (AvgIpc) is 2.62. The van der Waals surface area contributed by atoms with Crippen molar-refractivity contribution in [3.8, 4) is 17.2 Å². The highest BCUT2D eigenvalue weighted by Crippen LogP contribution is 2.33. The number of nitro groups is 1. The molecule has 0 radical (unpaired) electrons. The molecule has 24 heavy (non-hydrogen) atoms. The van der Waals surface area contributed by atoms with Gasteiger partial charge in [-0.05, 0) is 24.6 Å². The van der Waals surface area contributed by atoms with Crippen LogP contribution in [-0.2, 0) is 4.74 Å². The first kappa shape index (κ1) is 16.1. The largest absolute Gasteiger partial charge is 0.369 e. The molecule has 2 aromatic rings. The Balaban J connectivity index is 2.14. The molecular formula is C17H16N4O3. The topological polar surface area (TPSA) is 101 Å². The second kappa shape index (κ2) is 6.74. The number of pyridine rings is 1. The van der Waals surface area contributed by atoms with Crippen LogP contribution in [0.15, 0.2) is 30.3 Å². The fourth-order valence-electron chi connectivity index (χ4n) is 2.74. The molecule has 0 bridgehead atoms. The molecule has 0 saturated carbocycles. The zero-order valence-corrected chi connectivity index (χ0v) is 13.2. The summed E-state index contributed by atoms with van der Waals surface area (Å²) < 4.78 is 5.78. The maximum absolute atomic E-state index is 11.3. The molecule has 1 aromatic carbocycles. The molecule has 1 aromatic heterocycles. The first-order valence-electron chi connectivity index (χ1n) is 7.59. The zero-order chi connectivity index (χ0) is 17.1. The fraction of sp³-hybridized carbons (Fsp3) is 0.294. The van der Waals surface area contributed by atoms with Crippen LogP contribution in [0.3, 0.4) is 0 Å². The standard InChI is InChI=1S/C17H16N4O3/c1-11-15(21(22)23)8-14(13-4-2-12(9-18)3-5-13)17(20-11)16-10-19-6-7-24-16/h2-5,8,16,19H,6-7,10H2,1H3. The van der Waals surface area contributed by atoms with Gasteiger partial charge in [0.25, 0.3) is 5.69 Å². The molecule has 7 nitrogen and oxygen atoms in total. The van der Waals surface area contributed by atoms with Crippen molar-refractivity contribution in [2.24, 2.45) is 0 Å². The number of morpholine rings is 1. The summed E-state index contributed by atoms with van der Waals surface area (Å²) in [6.45, 7) is 3.57. The van der Waals surface area contributed by atoms with Crippen molar-refractivity contribution in [3.63, 3.8) is 0 Å². The van der Waals surface area contributed by atoms with Crippen LogP contribution in [-0.4, -0.2) is 29.6 Å². The third-order valence-electron chi connectivity index (χ3n) is 3.97. The lowest BCUT2D eigenvalue weighted by molar-refractivity contribution is -0.385. The summed E-state index contributed by atoms with van der Waals surface area (Å²) in [7, 11) is 0. The van der Waals surface area contributed by atoms with Gasteiger partial charge in [-0.2, -0.15) is 5.26 Å². The molecule has 0 aliphatic carbocycles. The van der Waals surface area contributed by atoms with Crippen molar-refractivity contribution in [1.29, 1.82) is 5.26 Å². The van der Waals surface area contributed by atoms with Crippen molar-refractivity contribution in [2.75, 3.05) is 19.7 Å². The predicted octanol–water partition coefficient (Wildman–Crippen LogP) is 2.50. The molecule has 1 aliphatic heterocycles. The van der Waals surface area contributed by atoms with Crippen LogP contribution in [0, 0.1) is 28.4 Å². The van der Waals surface area contributed by atoms with Crippen molar-refractivity contribution in [2.45, 2.75) is 13.0 Å². The summed E-state index contributed by atoms with van der Waals surface area (Å²) in [6, 6.07) is 10.5. The number of aromatic nitrogens is 1. The van der Waals surface area contributed by atoms with Gasteiger partial charge in [0.2, 0.25) is 0 Å². The number of nitrogens with zero attached hydrogens (tertiary/aromatic N) is 3.